The number of nitrogens with zero attached hydrogens (tertiary/aromatic N) is 2. The molecule has 2 aromatic rings. The smallest absolute Gasteiger partial charge is 0.278 e. The van der Waals surface area contributed by atoms with Crippen LogP contribution in [0.1, 0.15) is 30.7 Å². The van der Waals surface area contributed by atoms with Crippen LogP contribution in [-0.2, 0) is 20.9 Å². The van der Waals surface area contributed by atoms with Crippen molar-refractivity contribution in [1.82, 2.24) is 9.80 Å². The van der Waals surface area contributed by atoms with E-state index in [-0.39, 0.29) is 30.6 Å². The highest BCUT2D eigenvalue weighted by Crippen LogP contribution is 2.34. The summed E-state index contributed by atoms with van der Waals surface area (Å²) < 4.78 is 11.2. The number of furan rings is 1. The standard InChI is InChI=1S/C22H24N2O4/c1-14-6-8-17(9-7-14)19-20(23-11-15(2)28-16(3)12-23)22(26)24(21(19)25)13-18-5-4-10-27-18/h4-10,15-16H,11-13H2,1-3H3. The number of hydrogen-bond acceptors (Lipinski definition) is 5. The zero-order chi connectivity index (χ0) is 19.8. The van der Waals surface area contributed by atoms with Crippen LogP contribution >= 0.6 is 0 Å². The summed E-state index contributed by atoms with van der Waals surface area (Å²) >= 11 is 0. The van der Waals surface area contributed by atoms with E-state index in [1.165, 1.54) is 4.90 Å². The van der Waals surface area contributed by atoms with Gasteiger partial charge < -0.3 is 14.1 Å². The van der Waals surface area contributed by atoms with Crippen LogP contribution in [0.15, 0.2) is 52.8 Å². The van der Waals surface area contributed by atoms with E-state index < -0.39 is 0 Å². The molecule has 2 aliphatic heterocycles. The molecule has 2 atom stereocenters. The Balaban J connectivity index is 1.76. The summed E-state index contributed by atoms with van der Waals surface area (Å²) in [6.45, 7) is 7.23. The minimum Gasteiger partial charge on any atom is -0.467 e. The van der Waals surface area contributed by atoms with Crippen molar-refractivity contribution in [3.05, 3.63) is 65.2 Å². The van der Waals surface area contributed by atoms with Crippen LogP contribution in [0.25, 0.3) is 5.57 Å². The first kappa shape index (κ1) is 18.5. The maximum absolute atomic E-state index is 13.3. The molecule has 0 aliphatic carbocycles. The molecule has 6 nitrogen and oxygen atoms in total. The molecule has 1 aromatic carbocycles. The van der Waals surface area contributed by atoms with Gasteiger partial charge in [0.25, 0.3) is 11.8 Å². The van der Waals surface area contributed by atoms with Gasteiger partial charge in [-0.05, 0) is 38.5 Å². The fraction of sp³-hybridized carbons (Fsp3) is 0.364. The zero-order valence-electron chi connectivity index (χ0n) is 16.3. The van der Waals surface area contributed by atoms with E-state index in [1.807, 2.05) is 49.9 Å². The van der Waals surface area contributed by atoms with Crippen molar-refractivity contribution < 1.29 is 18.7 Å². The molecule has 0 N–H and O–H groups in total. The van der Waals surface area contributed by atoms with Crippen LogP contribution in [0.3, 0.4) is 0 Å². The van der Waals surface area contributed by atoms with Gasteiger partial charge >= 0.3 is 0 Å². The van der Waals surface area contributed by atoms with E-state index in [2.05, 4.69) is 0 Å². The normalized spacial score (nSPS) is 23.1. The lowest BCUT2D eigenvalue weighted by Gasteiger charge is -2.37. The summed E-state index contributed by atoms with van der Waals surface area (Å²) in [4.78, 5) is 29.9. The Hall–Kier alpha value is -2.86. The first-order valence-corrected chi connectivity index (χ1v) is 9.54. The molecule has 0 radical (unpaired) electrons. The largest absolute Gasteiger partial charge is 0.467 e. The van der Waals surface area contributed by atoms with E-state index in [1.54, 1.807) is 18.4 Å². The second-order valence-corrected chi connectivity index (χ2v) is 7.53. The lowest BCUT2D eigenvalue weighted by Crippen LogP contribution is -2.46. The van der Waals surface area contributed by atoms with Crippen molar-refractivity contribution in [3.63, 3.8) is 0 Å². The van der Waals surface area contributed by atoms with Crippen molar-refractivity contribution in [3.8, 4) is 0 Å². The number of carbonyl (C=O) groups excluding carboxylic acids is 2. The van der Waals surface area contributed by atoms with Crippen LogP contribution in [0.5, 0.6) is 0 Å². The highest BCUT2D eigenvalue weighted by atomic mass is 16.5. The van der Waals surface area contributed by atoms with Gasteiger partial charge in [-0.1, -0.05) is 29.8 Å². The Labute approximate surface area is 164 Å². The summed E-state index contributed by atoms with van der Waals surface area (Å²) in [6.07, 6.45) is 1.51. The van der Waals surface area contributed by atoms with Gasteiger partial charge in [0.1, 0.15) is 11.5 Å². The number of rotatable bonds is 4. The van der Waals surface area contributed by atoms with Crippen LogP contribution in [0, 0.1) is 6.92 Å². The topological polar surface area (TPSA) is 63.0 Å². The SMILES string of the molecule is Cc1ccc(C2=C(N3CC(C)OC(C)C3)C(=O)N(Cc3ccco3)C2=O)cc1. The fourth-order valence-electron chi connectivity index (χ4n) is 3.90. The van der Waals surface area contributed by atoms with E-state index in [0.717, 1.165) is 11.1 Å². The number of benzene rings is 1. The molecule has 0 bridgehead atoms. The molecule has 2 aliphatic rings. The molecule has 1 fully saturated rings. The van der Waals surface area contributed by atoms with Crippen molar-refractivity contribution >= 4 is 17.4 Å². The second kappa shape index (κ2) is 7.28. The molecule has 0 spiro atoms. The van der Waals surface area contributed by atoms with Crippen molar-refractivity contribution in [2.24, 2.45) is 0 Å². The van der Waals surface area contributed by atoms with Gasteiger partial charge in [0.05, 0.1) is 30.6 Å². The lowest BCUT2D eigenvalue weighted by atomic mass is 10.0. The summed E-state index contributed by atoms with van der Waals surface area (Å²) in [6, 6.07) is 11.2. The van der Waals surface area contributed by atoms with Crippen LogP contribution in [0.4, 0.5) is 0 Å². The Kier molecular flexibility index (Phi) is 4.81. The maximum Gasteiger partial charge on any atom is 0.278 e. The average molecular weight is 380 g/mol. The van der Waals surface area contributed by atoms with E-state index in [4.69, 9.17) is 9.15 Å². The highest BCUT2D eigenvalue weighted by Gasteiger charge is 2.43. The zero-order valence-corrected chi connectivity index (χ0v) is 16.3. The molecule has 4 rings (SSSR count). The van der Waals surface area contributed by atoms with Crippen LogP contribution in [0.2, 0.25) is 0 Å². The molecule has 6 heteroatoms. The maximum atomic E-state index is 13.3. The first-order valence-electron chi connectivity index (χ1n) is 9.54. The third-order valence-corrected chi connectivity index (χ3v) is 5.11. The number of aryl methyl sites for hydroxylation is 1. The molecule has 2 unspecified atom stereocenters. The average Bonchev–Trinajstić information content (AvgIpc) is 3.24. The fourth-order valence-corrected chi connectivity index (χ4v) is 3.90. The minimum absolute atomic E-state index is 0.0162. The predicted molar refractivity (Wildman–Crippen MR) is 104 cm³/mol. The summed E-state index contributed by atoms with van der Waals surface area (Å²) in [5.41, 5.74) is 2.77. The van der Waals surface area contributed by atoms with Gasteiger partial charge in [-0.2, -0.15) is 0 Å². The quantitative estimate of drug-likeness (QED) is 0.763. The van der Waals surface area contributed by atoms with Crippen molar-refractivity contribution in [1.29, 1.82) is 0 Å². The van der Waals surface area contributed by atoms with Gasteiger partial charge in [0.15, 0.2) is 0 Å². The van der Waals surface area contributed by atoms with Crippen LogP contribution in [-0.4, -0.2) is 46.9 Å². The minimum atomic E-state index is -0.285. The molecule has 2 amide bonds. The highest BCUT2D eigenvalue weighted by molar-refractivity contribution is 6.35. The van der Waals surface area contributed by atoms with Crippen molar-refractivity contribution in [2.75, 3.05) is 13.1 Å². The summed E-state index contributed by atoms with van der Waals surface area (Å²) in [7, 11) is 0. The second-order valence-electron chi connectivity index (χ2n) is 7.53. The predicted octanol–water partition coefficient (Wildman–Crippen LogP) is 2.98. The monoisotopic (exact) mass is 380 g/mol. The van der Waals surface area contributed by atoms with Gasteiger partial charge in [0.2, 0.25) is 0 Å². The molecule has 1 aromatic heterocycles. The van der Waals surface area contributed by atoms with Gasteiger partial charge in [-0.15, -0.1) is 0 Å². The number of imide groups is 1. The van der Waals surface area contributed by atoms with Crippen molar-refractivity contribution in [2.45, 2.75) is 39.5 Å². The van der Waals surface area contributed by atoms with Gasteiger partial charge in [-0.25, -0.2) is 0 Å². The third-order valence-electron chi connectivity index (χ3n) is 5.11. The molecule has 3 heterocycles. The Bertz CT molecular complexity index is 905. The summed E-state index contributed by atoms with van der Waals surface area (Å²) in [5.74, 6) is 0.0141. The van der Waals surface area contributed by atoms with E-state index >= 15 is 0 Å². The Morgan fingerprint density at radius 1 is 1.00 bits per heavy atom. The molecular weight excluding hydrogens is 356 g/mol. The first-order chi connectivity index (χ1) is 13.4. The molecule has 1 saturated heterocycles. The number of carbonyl (C=O) groups is 2. The number of amides is 2. The summed E-state index contributed by atoms with van der Waals surface area (Å²) in [5, 5.41) is 0. The molecule has 146 valence electrons. The number of hydrogen-bond donors (Lipinski definition) is 0. The lowest BCUT2D eigenvalue weighted by molar-refractivity contribution is -0.139. The molecular formula is C22H24N2O4. The third kappa shape index (κ3) is 3.36. The van der Waals surface area contributed by atoms with E-state index in [9.17, 15) is 9.59 Å². The number of ether oxygens (including phenoxy) is 1. The van der Waals surface area contributed by atoms with E-state index in [0.29, 0.717) is 30.1 Å². The Morgan fingerprint density at radius 2 is 1.68 bits per heavy atom. The molecule has 28 heavy (non-hydrogen) atoms. The number of morpholine rings is 1. The van der Waals surface area contributed by atoms with Gasteiger partial charge in [0, 0.05) is 13.1 Å². The van der Waals surface area contributed by atoms with Gasteiger partial charge in [-0.3, -0.25) is 14.5 Å². The van der Waals surface area contributed by atoms with Crippen LogP contribution < -0.4 is 0 Å². The Morgan fingerprint density at radius 3 is 2.29 bits per heavy atom. The molecule has 0 saturated carbocycles.